The van der Waals surface area contributed by atoms with Crippen molar-refractivity contribution in [2.24, 2.45) is 0 Å². The Kier molecular flexibility index (Phi) is 4.82. The average molecular weight is 325 g/mol. The van der Waals surface area contributed by atoms with E-state index >= 15 is 0 Å². The zero-order valence-corrected chi connectivity index (χ0v) is 13.1. The molecule has 0 spiro atoms. The van der Waals surface area contributed by atoms with Gasteiger partial charge in [0.2, 0.25) is 0 Å². The summed E-state index contributed by atoms with van der Waals surface area (Å²) in [6.45, 7) is 5.22. The van der Waals surface area contributed by atoms with Crippen LogP contribution in [0, 0.1) is 0 Å². The Morgan fingerprint density at radius 1 is 1.26 bits per heavy atom. The van der Waals surface area contributed by atoms with Crippen molar-refractivity contribution >= 4 is 5.97 Å². The molecule has 1 aromatic carbocycles. The third-order valence-electron chi connectivity index (χ3n) is 3.61. The van der Waals surface area contributed by atoms with Gasteiger partial charge < -0.3 is 10.1 Å². The number of hydrogen-bond acceptors (Lipinski definition) is 3. The molecule has 1 aliphatic heterocycles. The van der Waals surface area contributed by atoms with Gasteiger partial charge in [-0.05, 0) is 32.4 Å². The molecule has 0 fully saturated rings. The van der Waals surface area contributed by atoms with E-state index in [1.165, 1.54) is 18.2 Å². The van der Waals surface area contributed by atoms with Gasteiger partial charge in [0.1, 0.15) is 0 Å². The predicted molar refractivity (Wildman–Crippen MR) is 80.4 cm³/mol. The molecule has 0 radical (unpaired) electrons. The lowest BCUT2D eigenvalue weighted by Crippen LogP contribution is -2.27. The molecule has 1 aromatic rings. The minimum Gasteiger partial charge on any atom is -0.463 e. The number of carbonyl (C=O) groups excluding carboxylic acids is 1. The molecule has 2 rings (SSSR count). The van der Waals surface area contributed by atoms with E-state index in [2.05, 4.69) is 5.32 Å². The van der Waals surface area contributed by atoms with Gasteiger partial charge in [0, 0.05) is 17.3 Å². The zero-order valence-electron chi connectivity index (χ0n) is 13.1. The molecule has 0 saturated carbocycles. The molecule has 23 heavy (non-hydrogen) atoms. The van der Waals surface area contributed by atoms with Gasteiger partial charge in [0.15, 0.2) is 0 Å². The van der Waals surface area contributed by atoms with E-state index in [1.807, 2.05) is 0 Å². The number of dihydropyridines is 1. The SMILES string of the molecule is CCOC(=O)C1=C(C)NC(C)=CC1c1ccccc1C(F)(F)F. The van der Waals surface area contributed by atoms with E-state index in [9.17, 15) is 18.0 Å². The summed E-state index contributed by atoms with van der Waals surface area (Å²) in [7, 11) is 0. The topological polar surface area (TPSA) is 38.3 Å². The second-order valence-electron chi connectivity index (χ2n) is 5.30. The minimum absolute atomic E-state index is 0.0447. The number of halogens is 3. The lowest BCUT2D eigenvalue weighted by molar-refractivity contribution is -0.140. The Bertz CT molecular complexity index is 675. The van der Waals surface area contributed by atoms with Gasteiger partial charge in [0.25, 0.3) is 0 Å². The van der Waals surface area contributed by atoms with Crippen molar-refractivity contribution in [2.45, 2.75) is 32.9 Å². The minimum atomic E-state index is -4.49. The fraction of sp³-hybridized carbons (Fsp3) is 0.353. The second-order valence-corrected chi connectivity index (χ2v) is 5.30. The molecule has 1 N–H and O–H groups in total. The first-order valence-corrected chi connectivity index (χ1v) is 7.25. The van der Waals surface area contributed by atoms with Crippen molar-refractivity contribution in [3.8, 4) is 0 Å². The molecular weight excluding hydrogens is 307 g/mol. The summed E-state index contributed by atoms with van der Waals surface area (Å²) >= 11 is 0. The average Bonchev–Trinajstić information content (AvgIpc) is 2.45. The maximum Gasteiger partial charge on any atom is 0.416 e. The molecule has 0 aliphatic carbocycles. The van der Waals surface area contributed by atoms with Crippen LogP contribution >= 0.6 is 0 Å². The first kappa shape index (κ1) is 17.1. The highest BCUT2D eigenvalue weighted by Gasteiger charge is 2.37. The first-order valence-electron chi connectivity index (χ1n) is 7.25. The van der Waals surface area contributed by atoms with Gasteiger partial charge in [-0.2, -0.15) is 13.2 Å². The van der Waals surface area contributed by atoms with Crippen LogP contribution in [0.1, 0.15) is 37.8 Å². The standard InChI is InChI=1S/C17H18F3NO2/c1-4-23-16(22)15-11(3)21-10(2)9-13(15)12-7-5-6-8-14(12)17(18,19)20/h5-9,13,21H,4H2,1-3H3. The monoisotopic (exact) mass is 325 g/mol. The summed E-state index contributed by atoms with van der Waals surface area (Å²) in [4.78, 5) is 12.2. The molecule has 1 aliphatic rings. The smallest absolute Gasteiger partial charge is 0.416 e. The zero-order chi connectivity index (χ0) is 17.2. The van der Waals surface area contributed by atoms with Crippen LogP contribution in [-0.2, 0) is 15.7 Å². The Balaban J connectivity index is 2.59. The van der Waals surface area contributed by atoms with E-state index in [4.69, 9.17) is 4.74 Å². The number of nitrogens with one attached hydrogen (secondary N) is 1. The number of rotatable bonds is 3. The van der Waals surface area contributed by atoms with Crippen molar-refractivity contribution in [1.29, 1.82) is 0 Å². The van der Waals surface area contributed by atoms with Crippen LogP contribution < -0.4 is 5.32 Å². The van der Waals surface area contributed by atoms with Gasteiger partial charge in [-0.25, -0.2) is 4.79 Å². The normalized spacial score (nSPS) is 18.3. The number of benzene rings is 1. The summed E-state index contributed by atoms with van der Waals surface area (Å²) in [6.07, 6.45) is -2.87. The van der Waals surface area contributed by atoms with E-state index in [0.29, 0.717) is 11.4 Å². The first-order chi connectivity index (χ1) is 10.8. The van der Waals surface area contributed by atoms with E-state index < -0.39 is 23.6 Å². The number of ether oxygens (including phenoxy) is 1. The van der Waals surface area contributed by atoms with Crippen LogP contribution in [0.2, 0.25) is 0 Å². The third kappa shape index (κ3) is 3.57. The molecule has 0 bridgehead atoms. The van der Waals surface area contributed by atoms with Crippen molar-refractivity contribution in [2.75, 3.05) is 6.61 Å². The summed E-state index contributed by atoms with van der Waals surface area (Å²) in [6, 6.07) is 5.30. The molecule has 3 nitrogen and oxygen atoms in total. The lowest BCUT2D eigenvalue weighted by atomic mass is 9.84. The highest BCUT2D eigenvalue weighted by atomic mass is 19.4. The van der Waals surface area contributed by atoms with Crippen LogP contribution in [0.4, 0.5) is 13.2 Å². The number of alkyl halides is 3. The predicted octanol–water partition coefficient (Wildman–Crippen LogP) is 4.13. The fourth-order valence-corrected chi connectivity index (χ4v) is 2.73. The Morgan fingerprint density at radius 3 is 2.52 bits per heavy atom. The van der Waals surface area contributed by atoms with Gasteiger partial charge in [0.05, 0.1) is 17.7 Å². The van der Waals surface area contributed by atoms with Crippen molar-refractivity contribution in [3.63, 3.8) is 0 Å². The van der Waals surface area contributed by atoms with Gasteiger partial charge >= 0.3 is 12.1 Å². The molecule has 0 saturated heterocycles. The summed E-state index contributed by atoms with van der Waals surface area (Å²) in [5.74, 6) is -1.41. The highest BCUT2D eigenvalue weighted by Crippen LogP contribution is 2.40. The molecule has 1 heterocycles. The maximum absolute atomic E-state index is 13.3. The van der Waals surface area contributed by atoms with Crippen LogP contribution in [0.5, 0.6) is 0 Å². The highest BCUT2D eigenvalue weighted by molar-refractivity contribution is 5.92. The lowest BCUT2D eigenvalue weighted by Gasteiger charge is -2.27. The molecule has 1 unspecified atom stereocenters. The number of allylic oxidation sites excluding steroid dienone is 3. The van der Waals surface area contributed by atoms with Crippen LogP contribution in [0.15, 0.2) is 47.3 Å². The largest absolute Gasteiger partial charge is 0.463 e. The Morgan fingerprint density at radius 2 is 1.91 bits per heavy atom. The molecule has 0 aromatic heterocycles. The number of carbonyl (C=O) groups is 1. The van der Waals surface area contributed by atoms with E-state index in [1.54, 1.807) is 26.8 Å². The fourth-order valence-electron chi connectivity index (χ4n) is 2.73. The summed E-state index contributed by atoms with van der Waals surface area (Å²) in [5, 5.41) is 2.99. The van der Waals surface area contributed by atoms with Crippen molar-refractivity contribution in [3.05, 3.63) is 58.4 Å². The molecule has 0 amide bonds. The van der Waals surface area contributed by atoms with Gasteiger partial charge in [-0.15, -0.1) is 0 Å². The molecule has 1 atom stereocenters. The molecule has 124 valence electrons. The molecule has 6 heteroatoms. The summed E-state index contributed by atoms with van der Waals surface area (Å²) < 4.78 is 44.9. The second kappa shape index (κ2) is 6.48. The maximum atomic E-state index is 13.3. The van der Waals surface area contributed by atoms with Gasteiger partial charge in [-0.1, -0.05) is 24.3 Å². The van der Waals surface area contributed by atoms with Crippen LogP contribution in [0.3, 0.4) is 0 Å². The van der Waals surface area contributed by atoms with E-state index in [-0.39, 0.29) is 17.7 Å². The van der Waals surface area contributed by atoms with Crippen LogP contribution in [0.25, 0.3) is 0 Å². The van der Waals surface area contributed by atoms with Crippen molar-refractivity contribution < 1.29 is 22.7 Å². The number of hydrogen-bond donors (Lipinski definition) is 1. The Hall–Kier alpha value is -2.24. The van der Waals surface area contributed by atoms with Gasteiger partial charge in [-0.3, -0.25) is 0 Å². The molecular formula is C17H18F3NO2. The third-order valence-corrected chi connectivity index (χ3v) is 3.61. The van der Waals surface area contributed by atoms with E-state index in [0.717, 1.165) is 6.07 Å². The summed E-state index contributed by atoms with van der Waals surface area (Å²) in [5.41, 5.74) is 0.700. The van der Waals surface area contributed by atoms with Crippen molar-refractivity contribution in [1.82, 2.24) is 5.32 Å². The quantitative estimate of drug-likeness (QED) is 0.849. The van der Waals surface area contributed by atoms with Crippen LogP contribution in [-0.4, -0.2) is 12.6 Å². The Labute approximate surface area is 132 Å². The number of esters is 1.